The molecule has 2 nitrogen and oxygen atoms in total. The molecule has 0 saturated heterocycles. The zero-order valence-electron chi connectivity index (χ0n) is 6.32. The van der Waals surface area contributed by atoms with Gasteiger partial charge in [0.05, 0.1) is 0 Å². The maximum absolute atomic E-state index is 5.30. The number of hydrogen-bond donors (Lipinski definition) is 2. The highest BCUT2D eigenvalue weighted by Gasteiger charge is 1.83. The van der Waals surface area contributed by atoms with Gasteiger partial charge in [-0.2, -0.15) is 0 Å². The van der Waals surface area contributed by atoms with Crippen molar-refractivity contribution in [2.24, 2.45) is 5.73 Å². The van der Waals surface area contributed by atoms with E-state index in [9.17, 15) is 0 Å². The molecule has 56 valence electrons. The first-order valence-corrected chi connectivity index (χ1v) is 3.82. The van der Waals surface area contributed by atoms with Crippen molar-refractivity contribution < 1.29 is 0 Å². The lowest BCUT2D eigenvalue weighted by Crippen LogP contribution is -2.19. The number of nitrogens with one attached hydrogen (secondary N) is 1. The van der Waals surface area contributed by atoms with Gasteiger partial charge in [0.25, 0.3) is 0 Å². The van der Waals surface area contributed by atoms with Crippen LogP contribution in [-0.4, -0.2) is 19.6 Å². The highest BCUT2D eigenvalue weighted by atomic mass is 14.8. The molecule has 0 bridgehead atoms. The van der Waals surface area contributed by atoms with Crippen molar-refractivity contribution in [1.82, 2.24) is 5.32 Å². The third-order valence-electron chi connectivity index (χ3n) is 1.26. The quantitative estimate of drug-likeness (QED) is 0.520. The van der Waals surface area contributed by atoms with Gasteiger partial charge in [0.2, 0.25) is 0 Å². The van der Waals surface area contributed by atoms with Crippen LogP contribution in [0.2, 0.25) is 0 Å². The van der Waals surface area contributed by atoms with E-state index < -0.39 is 0 Å². The average Bonchev–Trinajstić information content (AvgIpc) is 1.89. The first kappa shape index (κ1) is 8.92. The molecule has 9 heavy (non-hydrogen) atoms. The molecule has 0 spiro atoms. The van der Waals surface area contributed by atoms with Crippen LogP contribution < -0.4 is 11.1 Å². The van der Waals surface area contributed by atoms with Gasteiger partial charge >= 0.3 is 0 Å². The molecule has 0 aliphatic carbocycles. The second-order valence-electron chi connectivity index (χ2n) is 2.25. The van der Waals surface area contributed by atoms with Crippen LogP contribution >= 0.6 is 0 Å². The highest BCUT2D eigenvalue weighted by molar-refractivity contribution is 4.46. The van der Waals surface area contributed by atoms with Crippen molar-refractivity contribution in [2.45, 2.75) is 26.2 Å². The lowest BCUT2D eigenvalue weighted by molar-refractivity contribution is 0.621. The fourth-order valence-electron chi connectivity index (χ4n) is 0.654. The summed E-state index contributed by atoms with van der Waals surface area (Å²) in [5.74, 6) is 0. The van der Waals surface area contributed by atoms with Crippen LogP contribution in [-0.2, 0) is 0 Å². The summed E-state index contributed by atoms with van der Waals surface area (Å²) in [5, 5.41) is 3.31. The van der Waals surface area contributed by atoms with Crippen LogP contribution in [0.5, 0.6) is 0 Å². The first-order chi connectivity index (χ1) is 4.41. The minimum atomic E-state index is 0.805. The number of unbranched alkanes of at least 4 members (excludes halogenated alkanes) is 1. The minimum Gasteiger partial charge on any atom is -0.330 e. The molecule has 0 heterocycles. The number of nitrogens with two attached hydrogens (primary N) is 1. The van der Waals surface area contributed by atoms with Crippen LogP contribution in [0.3, 0.4) is 0 Å². The molecule has 0 fully saturated rings. The van der Waals surface area contributed by atoms with Crippen molar-refractivity contribution in [3.8, 4) is 0 Å². The second-order valence-corrected chi connectivity index (χ2v) is 2.25. The molecule has 0 aliphatic rings. The van der Waals surface area contributed by atoms with Crippen molar-refractivity contribution in [2.75, 3.05) is 19.6 Å². The van der Waals surface area contributed by atoms with E-state index in [1.165, 1.54) is 12.8 Å². The molecule has 2 heteroatoms. The molecule has 0 aliphatic heterocycles. The third-order valence-corrected chi connectivity index (χ3v) is 1.26. The van der Waals surface area contributed by atoms with E-state index in [-0.39, 0.29) is 0 Å². The van der Waals surface area contributed by atoms with E-state index in [0.29, 0.717) is 0 Å². The lowest BCUT2D eigenvalue weighted by Gasteiger charge is -1.99. The summed E-state index contributed by atoms with van der Waals surface area (Å²) in [5.41, 5.74) is 5.30. The topological polar surface area (TPSA) is 38.0 Å². The Morgan fingerprint density at radius 1 is 1.22 bits per heavy atom. The van der Waals surface area contributed by atoms with Crippen LogP contribution in [0.25, 0.3) is 0 Å². The Labute approximate surface area is 57.8 Å². The molecule has 0 aromatic heterocycles. The standard InChI is InChI=1S/C7H18N2/c1-2-3-6-9-7-4-5-8/h9H,2-8H2,1H3. The molecule has 0 radical (unpaired) electrons. The molecule has 0 unspecified atom stereocenters. The minimum absolute atomic E-state index is 0.805. The van der Waals surface area contributed by atoms with Crippen molar-refractivity contribution in [3.05, 3.63) is 0 Å². The van der Waals surface area contributed by atoms with Gasteiger partial charge in [0.15, 0.2) is 0 Å². The zero-order chi connectivity index (χ0) is 6.95. The van der Waals surface area contributed by atoms with Crippen LogP contribution in [0.1, 0.15) is 26.2 Å². The molecule has 0 atom stereocenters. The van der Waals surface area contributed by atoms with Gasteiger partial charge in [-0.1, -0.05) is 13.3 Å². The Morgan fingerprint density at radius 3 is 2.44 bits per heavy atom. The molecule has 0 amide bonds. The normalized spacial score (nSPS) is 10.0. The van der Waals surface area contributed by atoms with Crippen molar-refractivity contribution in [3.63, 3.8) is 0 Å². The van der Waals surface area contributed by atoms with Gasteiger partial charge in [0.1, 0.15) is 0 Å². The summed E-state index contributed by atoms with van der Waals surface area (Å²) < 4.78 is 0. The van der Waals surface area contributed by atoms with Gasteiger partial charge < -0.3 is 11.1 Å². The van der Waals surface area contributed by atoms with Crippen LogP contribution in [0.15, 0.2) is 0 Å². The Balaban J connectivity index is 2.60. The molecule has 0 rings (SSSR count). The number of rotatable bonds is 6. The fraction of sp³-hybridized carbons (Fsp3) is 1.00. The van der Waals surface area contributed by atoms with E-state index in [1.54, 1.807) is 0 Å². The summed E-state index contributed by atoms with van der Waals surface area (Å²) in [6.07, 6.45) is 3.66. The molecule has 0 aromatic rings. The van der Waals surface area contributed by atoms with Gasteiger partial charge in [0, 0.05) is 0 Å². The molecule has 0 aromatic carbocycles. The highest BCUT2D eigenvalue weighted by Crippen LogP contribution is 1.81. The predicted molar refractivity (Wildman–Crippen MR) is 41.4 cm³/mol. The smallest absolute Gasteiger partial charge is 0.00369 e. The van der Waals surface area contributed by atoms with Gasteiger partial charge in [-0.3, -0.25) is 0 Å². The summed E-state index contributed by atoms with van der Waals surface area (Å²) in [7, 11) is 0. The molecule has 3 N–H and O–H groups in total. The van der Waals surface area contributed by atoms with Crippen LogP contribution in [0.4, 0.5) is 0 Å². The third kappa shape index (κ3) is 7.92. The first-order valence-electron chi connectivity index (χ1n) is 3.82. The summed E-state index contributed by atoms with van der Waals surface area (Å²) >= 11 is 0. The SMILES string of the molecule is CCCCNCCCN. The second kappa shape index (κ2) is 7.92. The van der Waals surface area contributed by atoms with Crippen molar-refractivity contribution >= 4 is 0 Å². The summed E-state index contributed by atoms with van der Waals surface area (Å²) in [4.78, 5) is 0. The Morgan fingerprint density at radius 2 is 1.89 bits per heavy atom. The van der Waals surface area contributed by atoms with E-state index in [2.05, 4.69) is 12.2 Å². The van der Waals surface area contributed by atoms with Gasteiger partial charge in [-0.25, -0.2) is 0 Å². The van der Waals surface area contributed by atoms with Crippen molar-refractivity contribution in [1.29, 1.82) is 0 Å². The van der Waals surface area contributed by atoms with Gasteiger partial charge in [-0.15, -0.1) is 0 Å². The Kier molecular flexibility index (Phi) is 7.85. The van der Waals surface area contributed by atoms with E-state index in [0.717, 1.165) is 26.1 Å². The zero-order valence-corrected chi connectivity index (χ0v) is 6.32. The lowest BCUT2D eigenvalue weighted by atomic mass is 10.3. The monoisotopic (exact) mass is 130 g/mol. The summed E-state index contributed by atoms with van der Waals surface area (Å²) in [6.45, 7) is 5.23. The molecular weight excluding hydrogens is 112 g/mol. The maximum Gasteiger partial charge on any atom is -0.00369 e. The van der Waals surface area contributed by atoms with E-state index in [1.807, 2.05) is 0 Å². The Bertz CT molecular complexity index is 40.2. The fourth-order valence-corrected chi connectivity index (χ4v) is 0.654. The van der Waals surface area contributed by atoms with E-state index in [4.69, 9.17) is 5.73 Å². The Hall–Kier alpha value is -0.0800. The van der Waals surface area contributed by atoms with Crippen LogP contribution in [0, 0.1) is 0 Å². The largest absolute Gasteiger partial charge is 0.330 e. The van der Waals surface area contributed by atoms with Gasteiger partial charge in [-0.05, 0) is 32.5 Å². The molecule has 0 saturated carbocycles. The average molecular weight is 130 g/mol. The molecular formula is C7H18N2. The van der Waals surface area contributed by atoms with E-state index >= 15 is 0 Å². The maximum atomic E-state index is 5.30. The summed E-state index contributed by atoms with van der Waals surface area (Å²) in [6, 6.07) is 0. The number of hydrogen-bond acceptors (Lipinski definition) is 2. The predicted octanol–water partition coefficient (Wildman–Crippen LogP) is 0.725.